The van der Waals surface area contributed by atoms with Gasteiger partial charge in [-0.1, -0.05) is 43.9 Å². The van der Waals surface area contributed by atoms with Gasteiger partial charge in [-0.2, -0.15) is 0 Å². The lowest BCUT2D eigenvalue weighted by atomic mass is 9.91. The lowest BCUT2D eigenvalue weighted by molar-refractivity contribution is 0.402. The van der Waals surface area contributed by atoms with Gasteiger partial charge in [-0.25, -0.2) is 0 Å². The van der Waals surface area contributed by atoms with E-state index < -0.39 is 0 Å². The Morgan fingerprint density at radius 1 is 1.00 bits per heavy atom. The van der Waals surface area contributed by atoms with E-state index in [2.05, 4.69) is 24.3 Å². The molecule has 15 heavy (non-hydrogen) atoms. The first kappa shape index (κ1) is 10.5. The number of benzene rings is 1. The van der Waals surface area contributed by atoms with E-state index in [4.69, 9.17) is 4.74 Å². The third-order valence-corrected chi connectivity index (χ3v) is 3.43. The monoisotopic (exact) mass is 204 g/mol. The summed E-state index contributed by atoms with van der Waals surface area (Å²) >= 11 is 0. The van der Waals surface area contributed by atoms with E-state index in [1.54, 1.807) is 7.11 Å². The summed E-state index contributed by atoms with van der Waals surface area (Å²) in [5.41, 5.74) is 1.42. The van der Waals surface area contributed by atoms with Crippen LogP contribution in [0, 0.1) is 0 Å². The first-order chi connectivity index (χ1) is 7.42. The van der Waals surface area contributed by atoms with Crippen LogP contribution in [0.5, 0.6) is 5.75 Å². The molecule has 1 fully saturated rings. The van der Waals surface area contributed by atoms with Crippen molar-refractivity contribution >= 4 is 0 Å². The molecule has 0 aliphatic heterocycles. The maximum Gasteiger partial charge on any atom is 0.122 e. The van der Waals surface area contributed by atoms with E-state index in [9.17, 15) is 0 Å². The fourth-order valence-corrected chi connectivity index (χ4v) is 2.59. The largest absolute Gasteiger partial charge is 0.496 e. The van der Waals surface area contributed by atoms with Crippen LogP contribution in [-0.4, -0.2) is 7.11 Å². The highest BCUT2D eigenvalue weighted by Gasteiger charge is 2.17. The number of hydrogen-bond donors (Lipinski definition) is 0. The summed E-state index contributed by atoms with van der Waals surface area (Å²) in [5.74, 6) is 1.80. The van der Waals surface area contributed by atoms with Gasteiger partial charge >= 0.3 is 0 Å². The normalized spacial score (nSPS) is 18.5. The minimum Gasteiger partial charge on any atom is -0.496 e. The smallest absolute Gasteiger partial charge is 0.122 e. The number of hydrogen-bond acceptors (Lipinski definition) is 1. The molecule has 0 heterocycles. The summed E-state index contributed by atoms with van der Waals surface area (Å²) in [4.78, 5) is 0. The summed E-state index contributed by atoms with van der Waals surface area (Å²) in [6.45, 7) is 0. The van der Waals surface area contributed by atoms with Gasteiger partial charge < -0.3 is 4.74 Å². The van der Waals surface area contributed by atoms with Crippen LogP contribution in [-0.2, 0) is 0 Å². The SMILES string of the molecule is COc1ccccc1C1CCCCCC1. The summed E-state index contributed by atoms with van der Waals surface area (Å²) in [6.07, 6.45) is 8.24. The molecule has 2 rings (SSSR count). The molecule has 1 aliphatic carbocycles. The van der Waals surface area contributed by atoms with Crippen molar-refractivity contribution in [3.8, 4) is 5.75 Å². The quantitative estimate of drug-likeness (QED) is 0.658. The van der Waals surface area contributed by atoms with Gasteiger partial charge in [-0.3, -0.25) is 0 Å². The van der Waals surface area contributed by atoms with Gasteiger partial charge in [0.25, 0.3) is 0 Å². The summed E-state index contributed by atoms with van der Waals surface area (Å²) in [7, 11) is 1.77. The fraction of sp³-hybridized carbons (Fsp3) is 0.571. The molecule has 1 heteroatoms. The van der Waals surface area contributed by atoms with E-state index in [0.29, 0.717) is 0 Å². The van der Waals surface area contributed by atoms with Gasteiger partial charge in [-0.15, -0.1) is 0 Å². The Bertz CT molecular complexity index is 298. The Morgan fingerprint density at radius 2 is 1.67 bits per heavy atom. The molecule has 1 saturated carbocycles. The van der Waals surface area contributed by atoms with Gasteiger partial charge in [0.1, 0.15) is 5.75 Å². The van der Waals surface area contributed by atoms with Gasteiger partial charge in [0.2, 0.25) is 0 Å². The molecule has 82 valence electrons. The molecule has 0 radical (unpaired) electrons. The second kappa shape index (κ2) is 5.20. The zero-order valence-electron chi connectivity index (χ0n) is 9.54. The van der Waals surface area contributed by atoms with Crippen LogP contribution in [0.15, 0.2) is 24.3 Å². The van der Waals surface area contributed by atoms with Gasteiger partial charge in [0.05, 0.1) is 7.11 Å². The van der Waals surface area contributed by atoms with E-state index in [1.807, 2.05) is 0 Å². The Balaban J connectivity index is 2.18. The van der Waals surface area contributed by atoms with Crippen LogP contribution in [0.2, 0.25) is 0 Å². The van der Waals surface area contributed by atoms with Crippen LogP contribution in [0.4, 0.5) is 0 Å². The number of methoxy groups -OCH3 is 1. The van der Waals surface area contributed by atoms with Crippen molar-refractivity contribution in [1.82, 2.24) is 0 Å². The van der Waals surface area contributed by atoms with Crippen LogP contribution >= 0.6 is 0 Å². The van der Waals surface area contributed by atoms with E-state index >= 15 is 0 Å². The summed E-state index contributed by atoms with van der Waals surface area (Å²) in [5, 5.41) is 0. The maximum atomic E-state index is 5.44. The minimum absolute atomic E-state index is 0.726. The Morgan fingerprint density at radius 3 is 2.33 bits per heavy atom. The molecule has 1 aromatic rings. The Kier molecular flexibility index (Phi) is 3.65. The van der Waals surface area contributed by atoms with Gasteiger partial charge in [-0.05, 0) is 30.4 Å². The molecule has 0 aromatic heterocycles. The minimum atomic E-state index is 0.726. The fourth-order valence-electron chi connectivity index (χ4n) is 2.59. The topological polar surface area (TPSA) is 9.23 Å². The first-order valence-corrected chi connectivity index (χ1v) is 6.04. The van der Waals surface area contributed by atoms with Gasteiger partial charge in [0.15, 0.2) is 0 Å². The van der Waals surface area contributed by atoms with E-state index in [1.165, 1.54) is 44.1 Å². The highest BCUT2D eigenvalue weighted by Crippen LogP contribution is 2.36. The van der Waals surface area contributed by atoms with Crippen molar-refractivity contribution < 1.29 is 4.74 Å². The molecule has 1 aliphatic rings. The maximum absolute atomic E-state index is 5.44. The summed E-state index contributed by atoms with van der Waals surface area (Å²) < 4.78 is 5.44. The molecule has 1 nitrogen and oxygen atoms in total. The zero-order chi connectivity index (χ0) is 10.5. The average molecular weight is 204 g/mol. The molecule has 0 saturated heterocycles. The van der Waals surface area contributed by atoms with Crippen molar-refractivity contribution in [2.45, 2.75) is 44.4 Å². The second-order valence-electron chi connectivity index (χ2n) is 4.43. The molecule has 0 bridgehead atoms. The molecule has 0 N–H and O–H groups in total. The molecular weight excluding hydrogens is 184 g/mol. The molecule has 0 amide bonds. The van der Waals surface area contributed by atoms with Crippen molar-refractivity contribution in [2.24, 2.45) is 0 Å². The van der Waals surface area contributed by atoms with Gasteiger partial charge in [0, 0.05) is 0 Å². The zero-order valence-corrected chi connectivity index (χ0v) is 9.54. The van der Waals surface area contributed by atoms with Crippen molar-refractivity contribution in [3.63, 3.8) is 0 Å². The lowest BCUT2D eigenvalue weighted by Crippen LogP contribution is -2.00. The molecule has 1 aromatic carbocycles. The predicted molar refractivity (Wildman–Crippen MR) is 63.4 cm³/mol. The highest BCUT2D eigenvalue weighted by molar-refractivity contribution is 5.36. The number of para-hydroxylation sites is 1. The molecular formula is C14H20O. The third-order valence-electron chi connectivity index (χ3n) is 3.43. The number of ether oxygens (including phenoxy) is 1. The van der Waals surface area contributed by atoms with Crippen LogP contribution < -0.4 is 4.74 Å². The Labute approximate surface area is 92.5 Å². The summed E-state index contributed by atoms with van der Waals surface area (Å²) in [6, 6.07) is 8.50. The standard InChI is InChI=1S/C14H20O/c1-15-14-11-7-6-10-13(14)12-8-4-2-3-5-9-12/h6-7,10-12H,2-5,8-9H2,1H3. The van der Waals surface area contributed by atoms with Crippen molar-refractivity contribution in [1.29, 1.82) is 0 Å². The second-order valence-corrected chi connectivity index (χ2v) is 4.43. The first-order valence-electron chi connectivity index (χ1n) is 6.04. The third kappa shape index (κ3) is 2.53. The van der Waals surface area contributed by atoms with Crippen molar-refractivity contribution in [2.75, 3.05) is 7.11 Å². The number of rotatable bonds is 2. The van der Waals surface area contributed by atoms with Crippen LogP contribution in [0.3, 0.4) is 0 Å². The van der Waals surface area contributed by atoms with E-state index in [0.717, 1.165) is 11.7 Å². The highest BCUT2D eigenvalue weighted by atomic mass is 16.5. The molecule has 0 unspecified atom stereocenters. The van der Waals surface area contributed by atoms with Crippen molar-refractivity contribution in [3.05, 3.63) is 29.8 Å². The molecule has 0 spiro atoms. The Hall–Kier alpha value is -0.980. The van der Waals surface area contributed by atoms with Crippen LogP contribution in [0.25, 0.3) is 0 Å². The average Bonchev–Trinajstić information content (AvgIpc) is 2.57. The molecule has 0 atom stereocenters. The van der Waals surface area contributed by atoms with E-state index in [-0.39, 0.29) is 0 Å². The van der Waals surface area contributed by atoms with Crippen LogP contribution in [0.1, 0.15) is 50.0 Å². The predicted octanol–water partition coefficient (Wildman–Crippen LogP) is 4.13. The lowest BCUT2D eigenvalue weighted by Gasteiger charge is -2.17.